The van der Waals surface area contributed by atoms with Crippen LogP contribution < -0.4 is 5.32 Å². The zero-order chi connectivity index (χ0) is 18.0. The lowest BCUT2D eigenvalue weighted by Crippen LogP contribution is -2.30. The largest absolute Gasteiger partial charge is 0.449 e. The summed E-state index contributed by atoms with van der Waals surface area (Å²) in [5.41, 5.74) is 1.27. The maximum Gasteiger partial charge on any atom is 0.338 e. The SMILES string of the molecule is CC(OC(=O)c1ccc2ocnc2c1)C(=O)Nc1ccc(Br)cc1F. The molecule has 0 saturated heterocycles. The highest BCUT2D eigenvalue weighted by atomic mass is 79.9. The molecule has 1 N–H and O–H groups in total. The average molecular weight is 407 g/mol. The highest BCUT2D eigenvalue weighted by Gasteiger charge is 2.20. The quantitative estimate of drug-likeness (QED) is 0.664. The number of hydrogen-bond donors (Lipinski definition) is 1. The molecule has 0 saturated carbocycles. The van der Waals surface area contributed by atoms with Crippen LogP contribution in [-0.4, -0.2) is 23.0 Å². The van der Waals surface area contributed by atoms with Gasteiger partial charge in [0.1, 0.15) is 11.3 Å². The zero-order valence-corrected chi connectivity index (χ0v) is 14.5. The van der Waals surface area contributed by atoms with Gasteiger partial charge in [-0.1, -0.05) is 15.9 Å². The number of nitrogens with zero attached hydrogens (tertiary/aromatic N) is 1. The van der Waals surface area contributed by atoms with E-state index >= 15 is 0 Å². The Morgan fingerprint density at radius 1 is 1.28 bits per heavy atom. The topological polar surface area (TPSA) is 81.4 Å². The van der Waals surface area contributed by atoms with Crippen molar-refractivity contribution in [3.63, 3.8) is 0 Å². The van der Waals surface area contributed by atoms with Crippen molar-refractivity contribution in [3.8, 4) is 0 Å². The van der Waals surface area contributed by atoms with E-state index in [4.69, 9.17) is 9.15 Å². The molecule has 0 fully saturated rings. The molecule has 1 atom stereocenters. The molecular formula is C17H12BrFN2O4. The van der Waals surface area contributed by atoms with Crippen LogP contribution in [0.4, 0.5) is 10.1 Å². The first-order chi connectivity index (χ1) is 11.9. The second kappa shape index (κ2) is 7.02. The maximum atomic E-state index is 13.8. The van der Waals surface area contributed by atoms with Gasteiger partial charge in [-0.3, -0.25) is 4.79 Å². The number of amides is 1. The normalized spacial score (nSPS) is 12.0. The van der Waals surface area contributed by atoms with Crippen molar-refractivity contribution in [2.75, 3.05) is 5.32 Å². The van der Waals surface area contributed by atoms with Gasteiger partial charge in [-0.2, -0.15) is 0 Å². The molecule has 0 aliphatic rings. The fourth-order valence-electron chi connectivity index (χ4n) is 2.09. The van der Waals surface area contributed by atoms with Crippen LogP contribution in [0.1, 0.15) is 17.3 Å². The smallest absolute Gasteiger partial charge is 0.338 e. The Kier molecular flexibility index (Phi) is 4.80. The Bertz CT molecular complexity index is 957. The lowest BCUT2D eigenvalue weighted by atomic mass is 10.2. The predicted octanol–water partition coefficient (Wildman–Crippen LogP) is 3.91. The van der Waals surface area contributed by atoms with Gasteiger partial charge in [0.25, 0.3) is 5.91 Å². The van der Waals surface area contributed by atoms with Crippen molar-refractivity contribution in [1.82, 2.24) is 4.98 Å². The Labute approximate surface area is 150 Å². The monoisotopic (exact) mass is 406 g/mol. The number of ether oxygens (including phenoxy) is 1. The molecule has 0 bridgehead atoms. The first kappa shape index (κ1) is 17.1. The van der Waals surface area contributed by atoms with E-state index in [1.807, 2.05) is 0 Å². The zero-order valence-electron chi connectivity index (χ0n) is 13.0. The van der Waals surface area contributed by atoms with Gasteiger partial charge < -0.3 is 14.5 Å². The highest BCUT2D eigenvalue weighted by molar-refractivity contribution is 9.10. The van der Waals surface area contributed by atoms with Crippen molar-refractivity contribution in [2.24, 2.45) is 0 Å². The van der Waals surface area contributed by atoms with E-state index in [2.05, 4.69) is 26.2 Å². The van der Waals surface area contributed by atoms with E-state index < -0.39 is 23.8 Å². The van der Waals surface area contributed by atoms with Gasteiger partial charge in [-0.05, 0) is 43.3 Å². The summed E-state index contributed by atoms with van der Waals surface area (Å²) in [4.78, 5) is 28.2. The Balaban J connectivity index is 1.66. The molecule has 3 rings (SSSR count). The standard InChI is InChI=1S/C17H12BrFN2O4/c1-9(16(22)21-13-4-3-11(18)7-12(13)19)25-17(23)10-2-5-15-14(6-10)20-8-24-15/h2-9H,1H3,(H,21,22). The average Bonchev–Trinajstić information content (AvgIpc) is 3.04. The Hall–Kier alpha value is -2.74. The van der Waals surface area contributed by atoms with Crippen molar-refractivity contribution in [3.05, 3.63) is 58.6 Å². The molecule has 25 heavy (non-hydrogen) atoms. The van der Waals surface area contributed by atoms with Crippen molar-refractivity contribution < 1.29 is 23.1 Å². The summed E-state index contributed by atoms with van der Waals surface area (Å²) in [6.07, 6.45) is 0.159. The second-order valence-electron chi connectivity index (χ2n) is 5.20. The molecule has 1 amide bonds. The van der Waals surface area contributed by atoms with Gasteiger partial charge in [-0.15, -0.1) is 0 Å². The van der Waals surface area contributed by atoms with Crippen LogP contribution in [0.15, 0.2) is 51.7 Å². The fourth-order valence-corrected chi connectivity index (χ4v) is 2.43. The summed E-state index contributed by atoms with van der Waals surface area (Å²) >= 11 is 3.13. The number of carbonyl (C=O) groups excluding carboxylic acids is 2. The molecule has 1 heterocycles. The number of aromatic nitrogens is 1. The minimum Gasteiger partial charge on any atom is -0.449 e. The molecule has 0 aliphatic heterocycles. The van der Waals surface area contributed by atoms with Gasteiger partial charge in [0.05, 0.1) is 11.3 Å². The number of halogens is 2. The molecule has 1 aromatic heterocycles. The molecule has 0 radical (unpaired) electrons. The van der Waals surface area contributed by atoms with Crippen molar-refractivity contribution >= 4 is 44.6 Å². The van der Waals surface area contributed by atoms with Gasteiger partial charge in [0, 0.05) is 4.47 Å². The third kappa shape index (κ3) is 3.85. The van der Waals surface area contributed by atoms with Gasteiger partial charge in [0.15, 0.2) is 18.1 Å². The molecule has 3 aromatic rings. The molecule has 0 aliphatic carbocycles. The number of anilines is 1. The Morgan fingerprint density at radius 2 is 2.08 bits per heavy atom. The van der Waals surface area contributed by atoms with Crippen LogP contribution in [-0.2, 0) is 9.53 Å². The number of fused-ring (bicyclic) bond motifs is 1. The van der Waals surface area contributed by atoms with Crippen LogP contribution in [0.2, 0.25) is 0 Å². The third-order valence-corrected chi connectivity index (χ3v) is 3.90. The summed E-state index contributed by atoms with van der Waals surface area (Å²) < 4.78 is 24.5. The van der Waals surface area contributed by atoms with E-state index in [9.17, 15) is 14.0 Å². The number of esters is 1. The summed E-state index contributed by atoms with van der Waals surface area (Å²) in [7, 11) is 0. The van der Waals surface area contributed by atoms with Gasteiger partial charge in [-0.25, -0.2) is 14.2 Å². The molecule has 8 heteroatoms. The minimum atomic E-state index is -1.11. The predicted molar refractivity (Wildman–Crippen MR) is 91.6 cm³/mol. The number of carbonyl (C=O) groups is 2. The van der Waals surface area contributed by atoms with Crippen LogP contribution >= 0.6 is 15.9 Å². The van der Waals surface area contributed by atoms with Gasteiger partial charge >= 0.3 is 5.97 Å². The van der Waals surface area contributed by atoms with E-state index in [1.54, 1.807) is 12.1 Å². The summed E-state index contributed by atoms with van der Waals surface area (Å²) in [5.74, 6) is -1.93. The molecule has 2 aromatic carbocycles. The van der Waals surface area contributed by atoms with E-state index in [-0.39, 0.29) is 11.3 Å². The lowest BCUT2D eigenvalue weighted by molar-refractivity contribution is -0.123. The highest BCUT2D eigenvalue weighted by Crippen LogP contribution is 2.20. The summed E-state index contributed by atoms with van der Waals surface area (Å²) in [6.45, 7) is 1.40. The second-order valence-corrected chi connectivity index (χ2v) is 6.11. The molecule has 128 valence electrons. The third-order valence-electron chi connectivity index (χ3n) is 3.41. The van der Waals surface area contributed by atoms with Crippen LogP contribution in [0, 0.1) is 5.82 Å². The van der Waals surface area contributed by atoms with Crippen molar-refractivity contribution in [1.29, 1.82) is 0 Å². The van der Waals surface area contributed by atoms with Crippen molar-refractivity contribution in [2.45, 2.75) is 13.0 Å². The minimum absolute atomic E-state index is 0.000107. The van der Waals surface area contributed by atoms with Crippen LogP contribution in [0.25, 0.3) is 11.1 Å². The molecular weight excluding hydrogens is 395 g/mol. The Morgan fingerprint density at radius 3 is 2.84 bits per heavy atom. The fraction of sp³-hybridized carbons (Fsp3) is 0.118. The number of rotatable bonds is 4. The van der Waals surface area contributed by atoms with Crippen LogP contribution in [0.3, 0.4) is 0 Å². The number of hydrogen-bond acceptors (Lipinski definition) is 5. The van der Waals surface area contributed by atoms with Gasteiger partial charge in [0.2, 0.25) is 0 Å². The number of nitrogens with one attached hydrogen (secondary N) is 1. The summed E-state index contributed by atoms with van der Waals surface area (Å²) in [5, 5.41) is 2.38. The molecule has 6 nitrogen and oxygen atoms in total. The molecule has 1 unspecified atom stereocenters. The summed E-state index contributed by atoms with van der Waals surface area (Å²) in [6, 6.07) is 8.81. The number of benzene rings is 2. The first-order valence-corrected chi connectivity index (χ1v) is 8.03. The first-order valence-electron chi connectivity index (χ1n) is 7.24. The van der Waals surface area contributed by atoms with E-state index in [0.717, 1.165) is 0 Å². The maximum absolute atomic E-state index is 13.8. The van der Waals surface area contributed by atoms with E-state index in [1.165, 1.54) is 37.6 Å². The number of oxazole rings is 1. The molecule has 0 spiro atoms. The van der Waals surface area contributed by atoms with E-state index in [0.29, 0.717) is 15.6 Å². The van der Waals surface area contributed by atoms with Crippen LogP contribution in [0.5, 0.6) is 0 Å². The lowest BCUT2D eigenvalue weighted by Gasteiger charge is -2.14.